The molecule has 0 aliphatic rings. The van der Waals surface area contributed by atoms with Crippen molar-refractivity contribution in [3.63, 3.8) is 0 Å². The lowest BCUT2D eigenvalue weighted by Crippen LogP contribution is -2.04. The molecule has 21 heavy (non-hydrogen) atoms. The predicted molar refractivity (Wildman–Crippen MR) is 73.6 cm³/mol. The standard InChI is InChI=1S/C15H12ClF3O2/c1-20-12-6-8(11(19)7-13(12)21-2)15(16)14-9(17)4-3-5-10(14)18/h3-7,15H,1-2H3. The lowest BCUT2D eigenvalue weighted by molar-refractivity contribution is 0.351. The summed E-state index contributed by atoms with van der Waals surface area (Å²) in [5, 5.41) is -1.33. The van der Waals surface area contributed by atoms with Gasteiger partial charge in [-0.25, -0.2) is 13.2 Å². The molecular formula is C15H12ClF3O2. The van der Waals surface area contributed by atoms with Crippen molar-refractivity contribution in [2.24, 2.45) is 0 Å². The van der Waals surface area contributed by atoms with Gasteiger partial charge in [-0.2, -0.15) is 0 Å². The Hall–Kier alpha value is -1.88. The highest BCUT2D eigenvalue weighted by molar-refractivity contribution is 6.22. The van der Waals surface area contributed by atoms with Crippen LogP contribution >= 0.6 is 11.6 Å². The Labute approximate surface area is 125 Å². The van der Waals surface area contributed by atoms with E-state index >= 15 is 0 Å². The summed E-state index contributed by atoms with van der Waals surface area (Å²) in [5.74, 6) is -2.04. The zero-order valence-corrected chi connectivity index (χ0v) is 12.0. The van der Waals surface area contributed by atoms with E-state index in [-0.39, 0.29) is 17.1 Å². The fourth-order valence-corrected chi connectivity index (χ4v) is 2.35. The molecule has 1 unspecified atom stereocenters. The van der Waals surface area contributed by atoms with Crippen molar-refractivity contribution < 1.29 is 22.6 Å². The van der Waals surface area contributed by atoms with E-state index in [9.17, 15) is 13.2 Å². The number of hydrogen-bond acceptors (Lipinski definition) is 2. The van der Waals surface area contributed by atoms with Crippen molar-refractivity contribution >= 4 is 11.6 Å². The van der Waals surface area contributed by atoms with Crippen LogP contribution in [0.4, 0.5) is 13.2 Å². The molecule has 0 N–H and O–H groups in total. The van der Waals surface area contributed by atoms with Gasteiger partial charge < -0.3 is 9.47 Å². The van der Waals surface area contributed by atoms with Gasteiger partial charge in [0.25, 0.3) is 0 Å². The van der Waals surface area contributed by atoms with E-state index < -0.39 is 28.4 Å². The molecule has 0 aromatic heterocycles. The summed E-state index contributed by atoms with van der Waals surface area (Å²) in [6, 6.07) is 5.65. The van der Waals surface area contributed by atoms with Crippen molar-refractivity contribution in [2.45, 2.75) is 5.38 Å². The van der Waals surface area contributed by atoms with Crippen LogP contribution in [0.1, 0.15) is 16.5 Å². The molecule has 2 aromatic rings. The molecule has 0 heterocycles. The van der Waals surface area contributed by atoms with Crippen molar-refractivity contribution in [2.75, 3.05) is 14.2 Å². The highest BCUT2D eigenvalue weighted by Crippen LogP contribution is 2.39. The van der Waals surface area contributed by atoms with Gasteiger partial charge in [0.15, 0.2) is 11.5 Å². The van der Waals surface area contributed by atoms with Crippen LogP contribution in [0.2, 0.25) is 0 Å². The Morgan fingerprint density at radius 2 is 1.43 bits per heavy atom. The molecule has 1 atom stereocenters. The molecule has 0 radical (unpaired) electrons. The van der Waals surface area contributed by atoms with Crippen molar-refractivity contribution in [3.8, 4) is 11.5 Å². The van der Waals surface area contributed by atoms with Gasteiger partial charge in [0.2, 0.25) is 0 Å². The zero-order chi connectivity index (χ0) is 15.6. The minimum Gasteiger partial charge on any atom is -0.493 e. The molecule has 0 aliphatic heterocycles. The molecule has 2 aromatic carbocycles. The zero-order valence-electron chi connectivity index (χ0n) is 11.3. The summed E-state index contributed by atoms with van der Waals surface area (Å²) >= 11 is 6.06. The molecule has 2 nitrogen and oxygen atoms in total. The smallest absolute Gasteiger partial charge is 0.163 e. The fraction of sp³-hybridized carbons (Fsp3) is 0.200. The second kappa shape index (κ2) is 6.26. The summed E-state index contributed by atoms with van der Waals surface area (Å²) in [5.41, 5.74) is -0.511. The Kier molecular flexibility index (Phi) is 4.63. The van der Waals surface area contributed by atoms with Crippen LogP contribution in [-0.2, 0) is 0 Å². The van der Waals surface area contributed by atoms with Crippen molar-refractivity contribution in [1.82, 2.24) is 0 Å². The summed E-state index contributed by atoms with van der Waals surface area (Å²) < 4.78 is 51.6. The first kappa shape index (κ1) is 15.5. The third kappa shape index (κ3) is 2.93. The first-order valence-electron chi connectivity index (χ1n) is 5.99. The topological polar surface area (TPSA) is 18.5 Å². The molecule has 6 heteroatoms. The van der Waals surface area contributed by atoms with Gasteiger partial charge in [-0.1, -0.05) is 6.07 Å². The average Bonchev–Trinajstić information content (AvgIpc) is 2.46. The van der Waals surface area contributed by atoms with E-state index in [0.717, 1.165) is 18.2 Å². The Bertz CT molecular complexity index is 641. The molecule has 2 rings (SSSR count). The lowest BCUT2D eigenvalue weighted by Gasteiger charge is -2.16. The van der Waals surface area contributed by atoms with Gasteiger partial charge in [0, 0.05) is 17.2 Å². The minimum absolute atomic E-state index is 0.0988. The second-order valence-corrected chi connectivity index (χ2v) is 4.66. The van der Waals surface area contributed by atoms with E-state index in [0.29, 0.717) is 0 Å². The van der Waals surface area contributed by atoms with Crippen molar-refractivity contribution in [3.05, 3.63) is 58.9 Å². The first-order chi connectivity index (χ1) is 9.99. The molecule has 0 fully saturated rings. The van der Waals surface area contributed by atoms with Crippen LogP contribution in [0.25, 0.3) is 0 Å². The van der Waals surface area contributed by atoms with Crippen LogP contribution in [0.5, 0.6) is 11.5 Å². The van der Waals surface area contributed by atoms with E-state index in [1.807, 2.05) is 0 Å². The quantitative estimate of drug-likeness (QED) is 0.776. The molecule has 0 aliphatic carbocycles. The number of rotatable bonds is 4. The van der Waals surface area contributed by atoms with Crippen LogP contribution in [0.3, 0.4) is 0 Å². The molecule has 0 amide bonds. The summed E-state index contributed by atoms with van der Waals surface area (Å²) in [4.78, 5) is 0. The molecule has 0 spiro atoms. The highest BCUT2D eigenvalue weighted by atomic mass is 35.5. The molecule has 0 saturated carbocycles. The summed E-state index contributed by atoms with van der Waals surface area (Å²) in [6.45, 7) is 0. The van der Waals surface area contributed by atoms with Gasteiger partial charge in [-0.05, 0) is 18.2 Å². The highest BCUT2D eigenvalue weighted by Gasteiger charge is 2.24. The monoisotopic (exact) mass is 316 g/mol. The number of benzene rings is 2. The molecule has 0 bridgehead atoms. The SMILES string of the molecule is COc1cc(F)c(C(Cl)c2c(F)cccc2F)cc1OC. The second-order valence-electron chi connectivity index (χ2n) is 4.23. The number of ether oxygens (including phenoxy) is 2. The van der Waals surface area contributed by atoms with Gasteiger partial charge in [0.1, 0.15) is 17.5 Å². The summed E-state index contributed by atoms with van der Waals surface area (Å²) in [6.07, 6.45) is 0. The van der Waals surface area contributed by atoms with E-state index in [1.54, 1.807) is 0 Å². The molecule has 0 saturated heterocycles. The van der Waals surface area contributed by atoms with Gasteiger partial charge in [0.05, 0.1) is 19.6 Å². The minimum atomic E-state index is -1.33. The Morgan fingerprint density at radius 3 is 1.95 bits per heavy atom. The Morgan fingerprint density at radius 1 is 0.905 bits per heavy atom. The maximum Gasteiger partial charge on any atom is 0.163 e. The van der Waals surface area contributed by atoms with Crippen LogP contribution in [0, 0.1) is 17.5 Å². The van der Waals surface area contributed by atoms with Gasteiger partial charge in [-0.15, -0.1) is 11.6 Å². The third-order valence-corrected chi connectivity index (χ3v) is 3.48. The predicted octanol–water partition coefficient (Wildman–Crippen LogP) is 4.45. The number of methoxy groups -OCH3 is 2. The lowest BCUT2D eigenvalue weighted by atomic mass is 10.0. The average molecular weight is 317 g/mol. The van der Waals surface area contributed by atoms with Crippen LogP contribution < -0.4 is 9.47 Å². The summed E-state index contributed by atoms with van der Waals surface area (Å²) in [7, 11) is 2.72. The largest absolute Gasteiger partial charge is 0.493 e. The number of alkyl halides is 1. The Balaban J connectivity index is 2.56. The van der Waals surface area contributed by atoms with Crippen LogP contribution in [0.15, 0.2) is 30.3 Å². The van der Waals surface area contributed by atoms with Crippen molar-refractivity contribution in [1.29, 1.82) is 0 Å². The van der Waals surface area contributed by atoms with Gasteiger partial charge >= 0.3 is 0 Å². The van der Waals surface area contributed by atoms with Gasteiger partial charge in [-0.3, -0.25) is 0 Å². The maximum absolute atomic E-state index is 14.1. The molecule has 112 valence electrons. The van der Waals surface area contributed by atoms with Crippen LogP contribution in [-0.4, -0.2) is 14.2 Å². The van der Waals surface area contributed by atoms with E-state index in [2.05, 4.69) is 0 Å². The number of hydrogen-bond donors (Lipinski definition) is 0. The fourth-order valence-electron chi connectivity index (χ4n) is 1.97. The molecular weight excluding hydrogens is 305 g/mol. The first-order valence-corrected chi connectivity index (χ1v) is 6.42. The normalized spacial score (nSPS) is 12.1. The van der Waals surface area contributed by atoms with E-state index in [1.165, 1.54) is 26.4 Å². The van der Waals surface area contributed by atoms with E-state index in [4.69, 9.17) is 21.1 Å². The third-order valence-electron chi connectivity index (χ3n) is 3.03. The maximum atomic E-state index is 14.1. The number of halogens is 4.